The molecule has 1 aromatic heterocycles. The Kier molecular flexibility index (Phi) is 9.72. The van der Waals surface area contributed by atoms with E-state index in [1.807, 2.05) is 58.5 Å². The third kappa shape index (κ3) is 7.78. The summed E-state index contributed by atoms with van der Waals surface area (Å²) in [7, 11) is 9.43. The summed E-state index contributed by atoms with van der Waals surface area (Å²) in [6.45, 7) is 6.18. The molecule has 0 amide bonds. The molecular weight excluding hydrogens is 348 g/mol. The average Bonchev–Trinajstić information content (AvgIpc) is 3.06. The van der Waals surface area contributed by atoms with E-state index in [4.69, 9.17) is 9.47 Å². The minimum atomic E-state index is 0.826. The predicted octanol–water partition coefficient (Wildman–Crippen LogP) is 5.41. The van der Waals surface area contributed by atoms with Gasteiger partial charge in [0.1, 0.15) is 11.5 Å². The predicted molar refractivity (Wildman–Crippen MR) is 120 cm³/mol. The molecule has 0 saturated carbocycles. The number of rotatable bonds is 3. The third-order valence-corrected chi connectivity index (χ3v) is 4.37. The second-order valence-electron chi connectivity index (χ2n) is 6.83. The van der Waals surface area contributed by atoms with E-state index in [2.05, 4.69) is 53.6 Å². The summed E-state index contributed by atoms with van der Waals surface area (Å²) in [5.74, 6) is 1.69. The van der Waals surface area contributed by atoms with E-state index < -0.39 is 0 Å². The van der Waals surface area contributed by atoms with E-state index in [0.717, 1.165) is 17.1 Å². The van der Waals surface area contributed by atoms with Crippen molar-refractivity contribution in [3.8, 4) is 11.5 Å². The topological polar surface area (TPSA) is 26.6 Å². The molecule has 0 radical (unpaired) electrons. The highest BCUT2D eigenvalue weighted by atomic mass is 16.5. The van der Waals surface area contributed by atoms with Gasteiger partial charge in [0.05, 0.1) is 14.2 Å². The van der Waals surface area contributed by atoms with Crippen LogP contribution in [0, 0.1) is 20.8 Å². The first-order valence-corrected chi connectivity index (χ1v) is 9.29. The fraction of sp³-hybridized carbons (Fsp3) is 0.333. The zero-order chi connectivity index (χ0) is 21.1. The standard InChI is InChI=1S/C9H13N.C9H12O2.C6H9N/c1-8-4-6-9(7-5-8)10(2)3;1-7-4-5-8(10-2)6-9(7)11-3;1-6-4-3-5-7(6)2/h4-7H,1-3H3;4-6H,1-3H3;3-5H,1-2H3. The molecule has 2 aromatic carbocycles. The van der Waals surface area contributed by atoms with Crippen LogP contribution in [-0.2, 0) is 7.05 Å². The van der Waals surface area contributed by atoms with Gasteiger partial charge in [0.15, 0.2) is 0 Å². The highest BCUT2D eigenvalue weighted by Crippen LogP contribution is 2.23. The van der Waals surface area contributed by atoms with Gasteiger partial charge in [-0.25, -0.2) is 0 Å². The summed E-state index contributed by atoms with van der Waals surface area (Å²) in [5, 5.41) is 0. The zero-order valence-electron chi connectivity index (χ0n) is 18.5. The van der Waals surface area contributed by atoms with E-state index >= 15 is 0 Å². The Bertz CT molecular complexity index is 804. The number of methoxy groups -OCH3 is 2. The number of aromatic nitrogens is 1. The third-order valence-electron chi connectivity index (χ3n) is 4.37. The maximum atomic E-state index is 5.11. The number of ether oxygens (including phenoxy) is 2. The molecule has 0 spiro atoms. The van der Waals surface area contributed by atoms with Crippen molar-refractivity contribution in [2.24, 2.45) is 7.05 Å². The zero-order valence-corrected chi connectivity index (χ0v) is 18.5. The Balaban J connectivity index is 0.000000215. The lowest BCUT2D eigenvalue weighted by molar-refractivity contribution is 0.392. The molecule has 0 unspecified atom stereocenters. The molecule has 4 heteroatoms. The Morgan fingerprint density at radius 3 is 1.86 bits per heavy atom. The Hall–Kier alpha value is -2.88. The van der Waals surface area contributed by atoms with Crippen molar-refractivity contribution < 1.29 is 9.47 Å². The summed E-state index contributed by atoms with van der Waals surface area (Å²) in [4.78, 5) is 2.10. The van der Waals surface area contributed by atoms with E-state index in [-0.39, 0.29) is 0 Å². The average molecular weight is 383 g/mol. The summed E-state index contributed by atoms with van der Waals surface area (Å²) >= 11 is 0. The second-order valence-corrected chi connectivity index (χ2v) is 6.83. The summed E-state index contributed by atoms with van der Waals surface area (Å²) in [6, 6.07) is 18.4. The SMILES string of the molecule is COc1ccc(C)c(OC)c1.Cc1ccc(N(C)C)cc1.Cc1cccn1C. The first-order valence-electron chi connectivity index (χ1n) is 9.29. The summed E-state index contributed by atoms with van der Waals surface area (Å²) in [6.07, 6.45) is 2.04. The number of anilines is 1. The molecule has 0 N–H and O–H groups in total. The van der Waals surface area contributed by atoms with Crippen LogP contribution in [0.5, 0.6) is 11.5 Å². The smallest absolute Gasteiger partial charge is 0.125 e. The van der Waals surface area contributed by atoms with Crippen molar-refractivity contribution in [2.45, 2.75) is 20.8 Å². The Morgan fingerprint density at radius 1 is 0.821 bits per heavy atom. The first kappa shape index (κ1) is 23.2. The molecule has 0 atom stereocenters. The van der Waals surface area contributed by atoms with Crippen LogP contribution in [0.3, 0.4) is 0 Å². The molecule has 1 heterocycles. The molecule has 0 aliphatic heterocycles. The maximum absolute atomic E-state index is 5.11. The summed E-state index contributed by atoms with van der Waals surface area (Å²) < 4.78 is 12.2. The molecule has 152 valence electrons. The fourth-order valence-electron chi connectivity index (χ4n) is 2.32. The minimum Gasteiger partial charge on any atom is -0.497 e. The van der Waals surface area contributed by atoms with E-state index in [1.54, 1.807) is 14.2 Å². The highest BCUT2D eigenvalue weighted by Gasteiger charge is 1.98. The van der Waals surface area contributed by atoms with Crippen molar-refractivity contribution in [3.05, 3.63) is 77.6 Å². The molecule has 0 aliphatic carbocycles. The van der Waals surface area contributed by atoms with Crippen LogP contribution in [0.25, 0.3) is 0 Å². The Labute approximate surface area is 170 Å². The lowest BCUT2D eigenvalue weighted by Crippen LogP contribution is -2.07. The van der Waals surface area contributed by atoms with Gasteiger partial charge in [0, 0.05) is 44.8 Å². The number of hydrogen-bond acceptors (Lipinski definition) is 3. The highest BCUT2D eigenvalue weighted by molar-refractivity contribution is 5.45. The lowest BCUT2D eigenvalue weighted by Gasteiger charge is -2.11. The van der Waals surface area contributed by atoms with Gasteiger partial charge in [-0.15, -0.1) is 0 Å². The minimum absolute atomic E-state index is 0.826. The summed E-state index contributed by atoms with van der Waals surface area (Å²) in [5.41, 5.74) is 4.99. The van der Waals surface area contributed by atoms with Gasteiger partial charge in [-0.2, -0.15) is 0 Å². The van der Waals surface area contributed by atoms with Crippen LogP contribution < -0.4 is 14.4 Å². The van der Waals surface area contributed by atoms with Gasteiger partial charge in [-0.05, 0) is 56.7 Å². The number of benzene rings is 2. The van der Waals surface area contributed by atoms with E-state index in [1.165, 1.54) is 16.9 Å². The molecule has 0 saturated heterocycles. The number of aryl methyl sites for hydroxylation is 4. The molecule has 0 fully saturated rings. The van der Waals surface area contributed by atoms with Crippen molar-refractivity contribution >= 4 is 5.69 Å². The normalized spacial score (nSPS) is 9.43. The van der Waals surface area contributed by atoms with Crippen molar-refractivity contribution in [2.75, 3.05) is 33.2 Å². The largest absolute Gasteiger partial charge is 0.497 e. The van der Waals surface area contributed by atoms with Gasteiger partial charge in [-0.3, -0.25) is 0 Å². The lowest BCUT2D eigenvalue weighted by atomic mass is 10.2. The van der Waals surface area contributed by atoms with Crippen LogP contribution in [0.15, 0.2) is 60.8 Å². The first-order chi connectivity index (χ1) is 13.3. The quantitative estimate of drug-likeness (QED) is 0.606. The van der Waals surface area contributed by atoms with Crippen LogP contribution >= 0.6 is 0 Å². The van der Waals surface area contributed by atoms with Gasteiger partial charge < -0.3 is 18.9 Å². The molecule has 0 aliphatic rings. The van der Waals surface area contributed by atoms with Crippen LogP contribution in [-0.4, -0.2) is 32.9 Å². The number of hydrogen-bond donors (Lipinski definition) is 0. The van der Waals surface area contributed by atoms with Gasteiger partial charge in [-0.1, -0.05) is 23.8 Å². The molecule has 4 nitrogen and oxygen atoms in total. The molecule has 0 bridgehead atoms. The maximum Gasteiger partial charge on any atom is 0.125 e. The van der Waals surface area contributed by atoms with E-state index in [0.29, 0.717) is 0 Å². The number of nitrogens with zero attached hydrogens (tertiary/aromatic N) is 2. The van der Waals surface area contributed by atoms with Crippen molar-refractivity contribution in [3.63, 3.8) is 0 Å². The second kappa shape index (κ2) is 11.8. The Morgan fingerprint density at radius 2 is 1.46 bits per heavy atom. The molecule has 3 aromatic rings. The van der Waals surface area contributed by atoms with Gasteiger partial charge in [0.2, 0.25) is 0 Å². The monoisotopic (exact) mass is 382 g/mol. The molecule has 28 heavy (non-hydrogen) atoms. The van der Waals surface area contributed by atoms with Crippen LogP contribution in [0.2, 0.25) is 0 Å². The van der Waals surface area contributed by atoms with Crippen molar-refractivity contribution in [1.82, 2.24) is 4.57 Å². The van der Waals surface area contributed by atoms with Crippen molar-refractivity contribution in [1.29, 1.82) is 0 Å². The fourth-order valence-corrected chi connectivity index (χ4v) is 2.32. The van der Waals surface area contributed by atoms with Gasteiger partial charge in [0.25, 0.3) is 0 Å². The van der Waals surface area contributed by atoms with Crippen LogP contribution in [0.4, 0.5) is 5.69 Å². The van der Waals surface area contributed by atoms with Gasteiger partial charge >= 0.3 is 0 Å². The van der Waals surface area contributed by atoms with Crippen LogP contribution in [0.1, 0.15) is 16.8 Å². The van der Waals surface area contributed by atoms with E-state index in [9.17, 15) is 0 Å². The molecular formula is C24H34N2O2. The molecule has 3 rings (SSSR count).